The number of likely N-dealkylation sites (N-methyl/N-ethyl adjacent to an activating group) is 1. The van der Waals surface area contributed by atoms with E-state index in [1.165, 1.54) is 24.1 Å². The Morgan fingerprint density at radius 3 is 2.52 bits per heavy atom. The normalized spacial score (nSPS) is 21.8. The van der Waals surface area contributed by atoms with Crippen molar-refractivity contribution in [3.05, 3.63) is 46.9 Å². The van der Waals surface area contributed by atoms with Crippen molar-refractivity contribution in [1.29, 1.82) is 0 Å². The molecule has 0 bridgehead atoms. The molecule has 0 saturated carbocycles. The SMILES string of the molecule is CNc1nc([C@H]2CCN(C(=O)c3ccc(N4CCC(C)CC4)cc3)C2)nc2c1CCN(C)C2. The smallest absolute Gasteiger partial charge is 0.253 e. The number of anilines is 2. The molecular formula is C26H36N6O. The molecule has 2 saturated heterocycles. The van der Waals surface area contributed by atoms with Crippen LogP contribution in [0.4, 0.5) is 11.5 Å². The number of piperidine rings is 1. The minimum atomic E-state index is 0.114. The summed E-state index contributed by atoms with van der Waals surface area (Å²) in [4.78, 5) is 29.7. The summed E-state index contributed by atoms with van der Waals surface area (Å²) in [5, 5.41) is 3.27. The second-order valence-electron chi connectivity index (χ2n) is 10.0. The third-order valence-electron chi connectivity index (χ3n) is 7.61. The number of carbonyl (C=O) groups is 1. The molecule has 2 aromatic rings. The Hall–Kier alpha value is -2.67. The Bertz CT molecular complexity index is 999. The van der Waals surface area contributed by atoms with Gasteiger partial charge in [-0.05, 0) is 62.9 Å². The third-order valence-corrected chi connectivity index (χ3v) is 7.61. The Morgan fingerprint density at radius 1 is 1.03 bits per heavy atom. The van der Waals surface area contributed by atoms with Crippen molar-refractivity contribution in [2.75, 3.05) is 57.0 Å². The lowest BCUT2D eigenvalue weighted by atomic mass is 9.98. The molecule has 176 valence electrons. The second kappa shape index (κ2) is 9.29. The number of rotatable bonds is 4. The van der Waals surface area contributed by atoms with E-state index in [4.69, 9.17) is 9.97 Å². The zero-order valence-corrected chi connectivity index (χ0v) is 20.2. The number of carbonyl (C=O) groups excluding carboxylic acids is 1. The molecule has 1 amide bonds. The number of likely N-dealkylation sites (tertiary alicyclic amines) is 1. The molecule has 0 radical (unpaired) electrons. The first-order valence-electron chi connectivity index (χ1n) is 12.4. The largest absolute Gasteiger partial charge is 0.373 e. The molecule has 1 N–H and O–H groups in total. The molecule has 1 aromatic heterocycles. The van der Waals surface area contributed by atoms with Crippen molar-refractivity contribution in [2.45, 2.75) is 45.1 Å². The molecular weight excluding hydrogens is 412 g/mol. The van der Waals surface area contributed by atoms with Crippen LogP contribution in [0.3, 0.4) is 0 Å². The molecule has 33 heavy (non-hydrogen) atoms. The topological polar surface area (TPSA) is 64.6 Å². The Morgan fingerprint density at radius 2 is 1.79 bits per heavy atom. The fourth-order valence-electron chi connectivity index (χ4n) is 5.39. The number of benzene rings is 1. The van der Waals surface area contributed by atoms with E-state index in [0.29, 0.717) is 6.54 Å². The van der Waals surface area contributed by atoms with E-state index in [-0.39, 0.29) is 11.8 Å². The van der Waals surface area contributed by atoms with Crippen LogP contribution >= 0.6 is 0 Å². The molecule has 0 unspecified atom stereocenters. The van der Waals surface area contributed by atoms with Crippen LogP contribution in [0.1, 0.15) is 59.5 Å². The first-order chi connectivity index (χ1) is 16.0. The monoisotopic (exact) mass is 448 g/mol. The fourth-order valence-corrected chi connectivity index (χ4v) is 5.39. The standard InChI is InChI=1S/C26H36N6O/c1-18-8-13-31(14-9-18)21-6-4-19(5-7-21)26(33)32-15-10-20(16-32)24-28-23-17-30(3)12-11-22(23)25(27-2)29-24/h4-7,18,20H,8-17H2,1-3H3,(H,27,28,29)/t20-/m0/s1. The van der Waals surface area contributed by atoms with Crippen molar-refractivity contribution in [3.63, 3.8) is 0 Å². The first-order valence-corrected chi connectivity index (χ1v) is 12.4. The minimum Gasteiger partial charge on any atom is -0.373 e. The molecule has 7 heteroatoms. The number of hydrogen-bond acceptors (Lipinski definition) is 6. The Kier molecular flexibility index (Phi) is 6.23. The van der Waals surface area contributed by atoms with E-state index in [0.717, 1.165) is 74.4 Å². The predicted octanol–water partition coefficient (Wildman–Crippen LogP) is 3.37. The van der Waals surface area contributed by atoms with Gasteiger partial charge in [-0.1, -0.05) is 6.92 Å². The molecule has 2 fully saturated rings. The van der Waals surface area contributed by atoms with Gasteiger partial charge in [-0.25, -0.2) is 9.97 Å². The summed E-state index contributed by atoms with van der Waals surface area (Å²) in [5.41, 5.74) is 4.37. The third kappa shape index (κ3) is 4.56. The summed E-state index contributed by atoms with van der Waals surface area (Å²) in [6.45, 7) is 7.87. The van der Waals surface area contributed by atoms with Crippen LogP contribution in [-0.4, -0.2) is 72.5 Å². The number of nitrogens with one attached hydrogen (secondary N) is 1. The number of amides is 1. The summed E-state index contributed by atoms with van der Waals surface area (Å²) in [6.07, 6.45) is 4.37. The van der Waals surface area contributed by atoms with Gasteiger partial charge < -0.3 is 20.0 Å². The van der Waals surface area contributed by atoms with Crippen molar-refractivity contribution in [1.82, 2.24) is 19.8 Å². The molecule has 7 nitrogen and oxygen atoms in total. The van der Waals surface area contributed by atoms with E-state index in [1.54, 1.807) is 0 Å². The van der Waals surface area contributed by atoms with Crippen molar-refractivity contribution in [2.24, 2.45) is 5.92 Å². The molecule has 0 spiro atoms. The minimum absolute atomic E-state index is 0.114. The van der Waals surface area contributed by atoms with E-state index < -0.39 is 0 Å². The van der Waals surface area contributed by atoms with Crippen LogP contribution in [-0.2, 0) is 13.0 Å². The molecule has 3 aliphatic heterocycles. The van der Waals surface area contributed by atoms with Crippen LogP contribution in [0, 0.1) is 5.92 Å². The number of hydrogen-bond donors (Lipinski definition) is 1. The number of nitrogens with zero attached hydrogens (tertiary/aromatic N) is 5. The average molecular weight is 449 g/mol. The lowest BCUT2D eigenvalue weighted by Crippen LogP contribution is -2.33. The Balaban J connectivity index is 1.26. The summed E-state index contributed by atoms with van der Waals surface area (Å²) < 4.78 is 0. The molecule has 1 aromatic carbocycles. The summed E-state index contributed by atoms with van der Waals surface area (Å²) in [5.74, 6) is 2.94. The first kappa shape index (κ1) is 22.1. The highest BCUT2D eigenvalue weighted by Gasteiger charge is 2.31. The average Bonchev–Trinajstić information content (AvgIpc) is 3.33. The van der Waals surface area contributed by atoms with Crippen LogP contribution in [0.15, 0.2) is 24.3 Å². The van der Waals surface area contributed by atoms with E-state index in [1.807, 2.05) is 24.1 Å². The van der Waals surface area contributed by atoms with Gasteiger partial charge in [0.25, 0.3) is 5.91 Å². The zero-order chi connectivity index (χ0) is 22.9. The van der Waals surface area contributed by atoms with Crippen molar-refractivity contribution >= 4 is 17.4 Å². The van der Waals surface area contributed by atoms with Gasteiger partial charge in [0.15, 0.2) is 0 Å². The Labute approximate surface area is 197 Å². The van der Waals surface area contributed by atoms with Gasteiger partial charge >= 0.3 is 0 Å². The maximum Gasteiger partial charge on any atom is 0.253 e. The van der Waals surface area contributed by atoms with Crippen LogP contribution in [0.25, 0.3) is 0 Å². The van der Waals surface area contributed by atoms with Crippen LogP contribution in [0.2, 0.25) is 0 Å². The quantitative estimate of drug-likeness (QED) is 0.774. The highest BCUT2D eigenvalue weighted by Crippen LogP contribution is 2.31. The highest BCUT2D eigenvalue weighted by atomic mass is 16.2. The molecule has 0 aliphatic carbocycles. The summed E-state index contributed by atoms with van der Waals surface area (Å²) in [7, 11) is 4.07. The summed E-state index contributed by atoms with van der Waals surface area (Å²) >= 11 is 0. The lowest BCUT2D eigenvalue weighted by molar-refractivity contribution is 0.0790. The van der Waals surface area contributed by atoms with Gasteiger partial charge in [0, 0.05) is 69.0 Å². The predicted molar refractivity (Wildman–Crippen MR) is 132 cm³/mol. The van der Waals surface area contributed by atoms with E-state index in [9.17, 15) is 4.79 Å². The van der Waals surface area contributed by atoms with Crippen LogP contribution < -0.4 is 10.2 Å². The highest BCUT2D eigenvalue weighted by molar-refractivity contribution is 5.94. The van der Waals surface area contributed by atoms with Gasteiger partial charge in [-0.2, -0.15) is 0 Å². The maximum absolute atomic E-state index is 13.2. The van der Waals surface area contributed by atoms with Gasteiger partial charge in [0.1, 0.15) is 11.6 Å². The fraction of sp³-hybridized carbons (Fsp3) is 0.577. The zero-order valence-electron chi connectivity index (χ0n) is 20.2. The van der Waals surface area contributed by atoms with E-state index in [2.05, 4.69) is 41.2 Å². The van der Waals surface area contributed by atoms with Gasteiger partial charge in [-0.3, -0.25) is 4.79 Å². The number of aromatic nitrogens is 2. The maximum atomic E-state index is 13.2. The molecule has 4 heterocycles. The summed E-state index contributed by atoms with van der Waals surface area (Å²) in [6, 6.07) is 8.21. The van der Waals surface area contributed by atoms with Crippen molar-refractivity contribution < 1.29 is 4.79 Å². The van der Waals surface area contributed by atoms with Crippen molar-refractivity contribution in [3.8, 4) is 0 Å². The molecule has 3 aliphatic rings. The van der Waals surface area contributed by atoms with Crippen LogP contribution in [0.5, 0.6) is 0 Å². The molecule has 5 rings (SSSR count). The van der Waals surface area contributed by atoms with Gasteiger partial charge in [-0.15, -0.1) is 0 Å². The number of fused-ring (bicyclic) bond motifs is 1. The van der Waals surface area contributed by atoms with Gasteiger partial charge in [0.05, 0.1) is 5.69 Å². The molecule has 1 atom stereocenters. The van der Waals surface area contributed by atoms with Gasteiger partial charge in [0.2, 0.25) is 0 Å². The second-order valence-corrected chi connectivity index (χ2v) is 10.0. The van der Waals surface area contributed by atoms with E-state index >= 15 is 0 Å². The lowest BCUT2D eigenvalue weighted by Gasteiger charge is -2.32.